The molecule has 0 bridgehead atoms. The van der Waals surface area contributed by atoms with Crippen LogP contribution in [0.4, 0.5) is 0 Å². The van der Waals surface area contributed by atoms with Crippen LogP contribution in [-0.4, -0.2) is 41.8 Å². The van der Waals surface area contributed by atoms with E-state index in [1.807, 2.05) is 19.1 Å². The second kappa shape index (κ2) is 6.17. The Hall–Kier alpha value is -1.39. The molecule has 0 fully saturated rings. The quantitative estimate of drug-likeness (QED) is 0.884. The SMILES string of the molecule is CCOCC(C)N1CCc2c(cccc2C(=O)O)C1. The lowest BCUT2D eigenvalue weighted by Crippen LogP contribution is -2.40. The van der Waals surface area contributed by atoms with Gasteiger partial charge in [-0.25, -0.2) is 4.79 Å². The fourth-order valence-electron chi connectivity index (χ4n) is 2.60. The third-order valence-electron chi connectivity index (χ3n) is 3.71. The maximum atomic E-state index is 11.2. The highest BCUT2D eigenvalue weighted by Crippen LogP contribution is 2.24. The van der Waals surface area contributed by atoms with Crippen LogP contribution in [0.3, 0.4) is 0 Å². The van der Waals surface area contributed by atoms with Gasteiger partial charge >= 0.3 is 5.97 Å². The number of rotatable bonds is 5. The number of carboxylic acids is 1. The molecule has 0 aliphatic carbocycles. The van der Waals surface area contributed by atoms with Crippen molar-refractivity contribution in [2.75, 3.05) is 19.8 Å². The predicted molar refractivity (Wildman–Crippen MR) is 73.5 cm³/mol. The van der Waals surface area contributed by atoms with Gasteiger partial charge in [-0.1, -0.05) is 12.1 Å². The highest BCUT2D eigenvalue weighted by molar-refractivity contribution is 5.89. The largest absolute Gasteiger partial charge is 0.478 e. The van der Waals surface area contributed by atoms with Gasteiger partial charge in [-0.3, -0.25) is 4.90 Å². The molecule has 1 atom stereocenters. The van der Waals surface area contributed by atoms with Crippen molar-refractivity contribution in [1.82, 2.24) is 4.90 Å². The van der Waals surface area contributed by atoms with Crippen LogP contribution >= 0.6 is 0 Å². The molecule has 4 nitrogen and oxygen atoms in total. The summed E-state index contributed by atoms with van der Waals surface area (Å²) in [7, 11) is 0. The molecule has 2 rings (SSSR count). The highest BCUT2D eigenvalue weighted by Gasteiger charge is 2.23. The van der Waals surface area contributed by atoms with E-state index >= 15 is 0 Å². The van der Waals surface area contributed by atoms with E-state index in [-0.39, 0.29) is 0 Å². The van der Waals surface area contributed by atoms with E-state index in [1.165, 1.54) is 0 Å². The standard InChI is InChI=1S/C15H21NO3/c1-3-19-10-11(2)16-8-7-13-12(9-16)5-4-6-14(13)15(17)18/h4-6,11H,3,7-10H2,1-2H3,(H,17,18). The summed E-state index contributed by atoms with van der Waals surface area (Å²) < 4.78 is 5.46. The van der Waals surface area contributed by atoms with Crippen molar-refractivity contribution in [3.8, 4) is 0 Å². The second-order valence-corrected chi connectivity index (χ2v) is 4.98. The minimum Gasteiger partial charge on any atom is -0.478 e. The van der Waals surface area contributed by atoms with Crippen molar-refractivity contribution >= 4 is 5.97 Å². The van der Waals surface area contributed by atoms with Crippen LogP contribution < -0.4 is 0 Å². The van der Waals surface area contributed by atoms with Crippen molar-refractivity contribution in [2.45, 2.75) is 32.9 Å². The Morgan fingerprint density at radius 2 is 2.32 bits per heavy atom. The number of carboxylic acid groups (broad SMARTS) is 1. The molecule has 0 radical (unpaired) electrons. The fourth-order valence-corrected chi connectivity index (χ4v) is 2.60. The van der Waals surface area contributed by atoms with E-state index in [2.05, 4.69) is 11.8 Å². The molecular formula is C15H21NO3. The Kier molecular flexibility index (Phi) is 4.56. The molecule has 1 aromatic carbocycles. The van der Waals surface area contributed by atoms with Gasteiger partial charge in [0, 0.05) is 25.7 Å². The Labute approximate surface area is 114 Å². The molecule has 0 saturated carbocycles. The summed E-state index contributed by atoms with van der Waals surface area (Å²) in [5.41, 5.74) is 2.58. The molecule has 1 unspecified atom stereocenters. The fraction of sp³-hybridized carbons (Fsp3) is 0.533. The Morgan fingerprint density at radius 1 is 1.53 bits per heavy atom. The van der Waals surface area contributed by atoms with E-state index in [1.54, 1.807) is 6.07 Å². The summed E-state index contributed by atoms with van der Waals surface area (Å²) in [5, 5.41) is 9.20. The maximum Gasteiger partial charge on any atom is 0.335 e. The zero-order valence-corrected chi connectivity index (χ0v) is 11.6. The molecule has 0 aromatic heterocycles. The van der Waals surface area contributed by atoms with Crippen LogP contribution in [0.1, 0.15) is 35.3 Å². The van der Waals surface area contributed by atoms with Crippen molar-refractivity contribution in [1.29, 1.82) is 0 Å². The summed E-state index contributed by atoms with van der Waals surface area (Å²) in [6.07, 6.45) is 0.800. The van der Waals surface area contributed by atoms with E-state index in [0.29, 0.717) is 11.6 Å². The molecule has 104 valence electrons. The molecule has 1 aliphatic rings. The summed E-state index contributed by atoms with van der Waals surface area (Å²) in [4.78, 5) is 13.5. The van der Waals surface area contributed by atoms with Crippen LogP contribution in [0.15, 0.2) is 18.2 Å². The van der Waals surface area contributed by atoms with E-state index < -0.39 is 5.97 Å². The summed E-state index contributed by atoms with van der Waals surface area (Å²) in [5.74, 6) is -0.826. The van der Waals surface area contributed by atoms with E-state index in [4.69, 9.17) is 4.74 Å². The number of hydrogen-bond donors (Lipinski definition) is 1. The lowest BCUT2D eigenvalue weighted by Gasteiger charge is -2.34. The molecule has 0 spiro atoms. The number of ether oxygens (including phenoxy) is 1. The summed E-state index contributed by atoms with van der Waals surface area (Å²) >= 11 is 0. The van der Waals surface area contributed by atoms with Gasteiger partial charge in [0.2, 0.25) is 0 Å². The minimum absolute atomic E-state index is 0.363. The van der Waals surface area contributed by atoms with Crippen molar-refractivity contribution in [3.05, 3.63) is 34.9 Å². The number of hydrogen-bond acceptors (Lipinski definition) is 3. The second-order valence-electron chi connectivity index (χ2n) is 4.98. The third-order valence-corrected chi connectivity index (χ3v) is 3.71. The highest BCUT2D eigenvalue weighted by atomic mass is 16.5. The van der Waals surface area contributed by atoms with Gasteiger partial charge in [0.25, 0.3) is 0 Å². The van der Waals surface area contributed by atoms with Crippen LogP contribution in [-0.2, 0) is 17.7 Å². The number of fused-ring (bicyclic) bond motifs is 1. The Morgan fingerprint density at radius 3 is 3.00 bits per heavy atom. The lowest BCUT2D eigenvalue weighted by atomic mass is 9.94. The molecule has 4 heteroatoms. The van der Waals surface area contributed by atoms with Gasteiger partial charge in [0.05, 0.1) is 12.2 Å². The number of benzene rings is 1. The molecule has 0 saturated heterocycles. The molecule has 0 amide bonds. The molecule has 1 heterocycles. The summed E-state index contributed by atoms with van der Waals surface area (Å²) in [6, 6.07) is 5.92. The predicted octanol–water partition coefficient (Wildman–Crippen LogP) is 2.17. The Balaban J connectivity index is 2.12. The first-order valence-corrected chi connectivity index (χ1v) is 6.79. The molecular weight excluding hydrogens is 242 g/mol. The normalized spacial score (nSPS) is 16.9. The van der Waals surface area contributed by atoms with Gasteiger partial charge < -0.3 is 9.84 Å². The Bertz CT molecular complexity index is 459. The topological polar surface area (TPSA) is 49.8 Å². The molecule has 19 heavy (non-hydrogen) atoms. The van der Waals surface area contributed by atoms with Gasteiger partial charge in [-0.2, -0.15) is 0 Å². The molecule has 1 N–H and O–H groups in total. The van der Waals surface area contributed by atoms with E-state index in [9.17, 15) is 9.90 Å². The third kappa shape index (κ3) is 3.14. The van der Waals surface area contributed by atoms with Crippen LogP contribution in [0.5, 0.6) is 0 Å². The zero-order chi connectivity index (χ0) is 13.8. The first-order valence-electron chi connectivity index (χ1n) is 6.79. The monoisotopic (exact) mass is 263 g/mol. The van der Waals surface area contributed by atoms with Gasteiger partial charge in [0.1, 0.15) is 0 Å². The average molecular weight is 263 g/mol. The minimum atomic E-state index is -0.826. The van der Waals surface area contributed by atoms with Gasteiger partial charge in [0.15, 0.2) is 0 Å². The van der Waals surface area contributed by atoms with Crippen molar-refractivity contribution < 1.29 is 14.6 Å². The molecule has 1 aliphatic heterocycles. The maximum absolute atomic E-state index is 11.2. The van der Waals surface area contributed by atoms with Crippen LogP contribution in [0.2, 0.25) is 0 Å². The average Bonchev–Trinajstić information content (AvgIpc) is 2.43. The van der Waals surface area contributed by atoms with E-state index in [0.717, 1.165) is 43.9 Å². The first kappa shape index (κ1) is 14.0. The van der Waals surface area contributed by atoms with Crippen LogP contribution in [0.25, 0.3) is 0 Å². The lowest BCUT2D eigenvalue weighted by molar-refractivity contribution is 0.0652. The smallest absolute Gasteiger partial charge is 0.335 e. The van der Waals surface area contributed by atoms with Gasteiger partial charge in [-0.05, 0) is 37.5 Å². The van der Waals surface area contributed by atoms with Gasteiger partial charge in [-0.15, -0.1) is 0 Å². The number of aromatic carboxylic acids is 1. The van der Waals surface area contributed by atoms with Crippen molar-refractivity contribution in [3.63, 3.8) is 0 Å². The molecule has 1 aromatic rings. The summed E-state index contributed by atoms with van der Waals surface area (Å²) in [6.45, 7) is 7.32. The zero-order valence-electron chi connectivity index (χ0n) is 11.6. The number of carbonyl (C=O) groups is 1. The number of nitrogens with zero attached hydrogens (tertiary/aromatic N) is 1. The first-order chi connectivity index (χ1) is 9.13. The van der Waals surface area contributed by atoms with Crippen molar-refractivity contribution in [2.24, 2.45) is 0 Å². The van der Waals surface area contributed by atoms with Crippen LogP contribution in [0, 0.1) is 0 Å².